The van der Waals surface area contributed by atoms with Gasteiger partial charge in [-0.25, -0.2) is 4.99 Å². The third kappa shape index (κ3) is 1.40. The van der Waals surface area contributed by atoms with Crippen LogP contribution in [0.5, 0.6) is 5.75 Å². The lowest BCUT2D eigenvalue weighted by atomic mass is 10.2. The van der Waals surface area contributed by atoms with Crippen LogP contribution in [0, 0.1) is 10.1 Å². The third-order valence-corrected chi connectivity index (χ3v) is 2.45. The third-order valence-electron chi connectivity index (χ3n) is 2.45. The Morgan fingerprint density at radius 1 is 1.47 bits per heavy atom. The molecule has 0 saturated carbocycles. The average Bonchev–Trinajstić information content (AvgIpc) is 2.67. The van der Waals surface area contributed by atoms with Crippen molar-refractivity contribution in [1.29, 1.82) is 0 Å². The topological polar surface area (TPSA) is 89.5 Å². The normalized spacial score (nSPS) is 15.1. The first-order chi connectivity index (χ1) is 8.27. The van der Waals surface area contributed by atoms with Crippen LogP contribution in [0.4, 0.5) is 11.4 Å². The fourth-order valence-electron chi connectivity index (χ4n) is 1.74. The second kappa shape index (κ2) is 3.48. The van der Waals surface area contributed by atoms with Crippen molar-refractivity contribution in [3.05, 3.63) is 39.0 Å². The second-order valence-electron chi connectivity index (χ2n) is 3.42. The van der Waals surface area contributed by atoms with Crippen molar-refractivity contribution in [1.82, 2.24) is 0 Å². The minimum atomic E-state index is -0.475. The van der Waals surface area contributed by atoms with Crippen LogP contribution in [0.15, 0.2) is 33.6 Å². The molecule has 0 unspecified atom stereocenters. The number of benzene rings is 1. The van der Waals surface area contributed by atoms with Crippen LogP contribution in [0.3, 0.4) is 0 Å². The zero-order valence-corrected chi connectivity index (χ0v) is 8.53. The molecule has 3 rings (SSSR count). The van der Waals surface area contributed by atoms with Crippen molar-refractivity contribution in [2.45, 2.75) is 0 Å². The fourth-order valence-corrected chi connectivity index (χ4v) is 1.74. The van der Waals surface area contributed by atoms with E-state index in [9.17, 15) is 10.1 Å². The van der Waals surface area contributed by atoms with Gasteiger partial charge >= 0.3 is 0 Å². The number of non-ortho nitro benzene ring substituents is 1. The molecule has 7 nitrogen and oxygen atoms in total. The van der Waals surface area contributed by atoms with Gasteiger partial charge in [-0.3, -0.25) is 10.1 Å². The molecule has 0 radical (unpaired) electrons. The van der Waals surface area contributed by atoms with Gasteiger partial charge < -0.3 is 4.74 Å². The van der Waals surface area contributed by atoms with Gasteiger partial charge in [-0.2, -0.15) is 5.11 Å². The molecule has 1 aromatic carbocycles. The Morgan fingerprint density at radius 2 is 2.35 bits per heavy atom. The zero-order chi connectivity index (χ0) is 11.8. The lowest BCUT2D eigenvalue weighted by Crippen LogP contribution is -2.14. The summed E-state index contributed by atoms with van der Waals surface area (Å²) in [5, 5.41) is 19.5. The summed E-state index contributed by atoms with van der Waals surface area (Å²) in [5.41, 5.74) is 0.412. The van der Waals surface area contributed by atoms with Crippen molar-refractivity contribution in [2.24, 2.45) is 15.2 Å². The van der Waals surface area contributed by atoms with E-state index >= 15 is 0 Å². The van der Waals surface area contributed by atoms with Gasteiger partial charge in [0.2, 0.25) is 0 Å². The Balaban J connectivity index is 2.45. The Labute approximate surface area is 94.6 Å². The first-order valence-electron chi connectivity index (χ1n) is 4.84. The van der Waals surface area contributed by atoms with E-state index in [1.165, 1.54) is 12.3 Å². The Bertz CT molecular complexity index is 690. The summed E-state index contributed by atoms with van der Waals surface area (Å²) in [6, 6.07) is 1.43. The summed E-state index contributed by atoms with van der Waals surface area (Å²) >= 11 is 0. The summed E-state index contributed by atoms with van der Waals surface area (Å²) in [6.45, 7) is 0.0789. The molecule has 0 N–H and O–H groups in total. The predicted molar refractivity (Wildman–Crippen MR) is 57.5 cm³/mol. The van der Waals surface area contributed by atoms with E-state index < -0.39 is 4.92 Å². The molecular formula is C10H6N4O3. The van der Waals surface area contributed by atoms with Gasteiger partial charge in [0.25, 0.3) is 5.69 Å². The number of hydrogen-bond donors (Lipinski definition) is 0. The van der Waals surface area contributed by atoms with E-state index in [-0.39, 0.29) is 17.8 Å². The van der Waals surface area contributed by atoms with Crippen molar-refractivity contribution < 1.29 is 9.66 Å². The predicted octanol–water partition coefficient (Wildman–Crippen LogP) is 0.956. The number of nitro groups is 1. The van der Waals surface area contributed by atoms with E-state index in [0.717, 1.165) is 0 Å². The number of ether oxygens (including phenoxy) is 1. The molecular weight excluding hydrogens is 224 g/mol. The summed E-state index contributed by atoms with van der Waals surface area (Å²) in [4.78, 5) is 14.4. The summed E-state index contributed by atoms with van der Waals surface area (Å²) in [5.74, 6) is 0.331. The van der Waals surface area contributed by atoms with Gasteiger partial charge in [-0.15, -0.1) is 5.11 Å². The Hall–Kier alpha value is -2.57. The highest BCUT2D eigenvalue weighted by molar-refractivity contribution is 5.62. The van der Waals surface area contributed by atoms with Crippen molar-refractivity contribution in [3.63, 3.8) is 0 Å². The highest BCUT2D eigenvalue weighted by Crippen LogP contribution is 2.25. The highest BCUT2D eigenvalue weighted by Gasteiger charge is 2.23. The van der Waals surface area contributed by atoms with Gasteiger partial charge in [-0.1, -0.05) is 6.08 Å². The molecule has 2 aliphatic rings. The van der Waals surface area contributed by atoms with Crippen molar-refractivity contribution in [3.8, 4) is 5.75 Å². The van der Waals surface area contributed by atoms with E-state index in [1.807, 2.05) is 0 Å². The number of allylic oxidation sites excluding steroid dienone is 1. The molecule has 0 aliphatic carbocycles. The van der Waals surface area contributed by atoms with E-state index in [1.54, 1.807) is 12.2 Å². The smallest absolute Gasteiger partial charge is 0.299 e. The molecule has 0 fully saturated rings. The maximum atomic E-state index is 10.9. The molecule has 0 spiro atoms. The maximum Gasteiger partial charge on any atom is 0.299 e. The number of hydrogen-bond acceptors (Lipinski definition) is 6. The Kier molecular flexibility index (Phi) is 1.97. The minimum absolute atomic E-state index is 0.0713. The van der Waals surface area contributed by atoms with E-state index in [0.29, 0.717) is 16.7 Å². The molecule has 2 heterocycles. The molecule has 2 aliphatic heterocycles. The first kappa shape index (κ1) is 9.64. The molecule has 0 atom stereocenters. The van der Waals surface area contributed by atoms with E-state index in [4.69, 9.17) is 4.74 Å². The molecule has 0 saturated heterocycles. The van der Waals surface area contributed by atoms with Gasteiger partial charge in [-0.05, 0) is 6.08 Å². The van der Waals surface area contributed by atoms with E-state index in [2.05, 4.69) is 15.2 Å². The largest absolute Gasteiger partial charge is 0.466 e. The first-order valence-corrected chi connectivity index (χ1v) is 4.84. The van der Waals surface area contributed by atoms with Gasteiger partial charge in [0.15, 0.2) is 17.8 Å². The van der Waals surface area contributed by atoms with Gasteiger partial charge in [0, 0.05) is 17.5 Å². The molecule has 1 aromatic rings. The number of fused-ring (bicyclic) bond motifs is 3. The standard InChI is InChI=1S/C10H6N4O3/c15-14(16)7-4-6-2-1-3-12-13-8(6)10-9(7)11-5-17-10/h1-4H,5H2. The van der Waals surface area contributed by atoms with Crippen LogP contribution >= 0.6 is 0 Å². The molecule has 7 heteroatoms. The zero-order valence-electron chi connectivity index (χ0n) is 8.53. The molecule has 84 valence electrons. The number of nitro benzene ring substituents is 1. The lowest BCUT2D eigenvalue weighted by molar-refractivity contribution is -0.386. The number of nitrogens with zero attached hydrogens (tertiary/aromatic N) is 4. The van der Waals surface area contributed by atoms with Crippen LogP contribution in [-0.4, -0.2) is 11.7 Å². The van der Waals surface area contributed by atoms with Gasteiger partial charge in [0.1, 0.15) is 5.69 Å². The average molecular weight is 230 g/mol. The highest BCUT2D eigenvalue weighted by atomic mass is 16.6. The van der Waals surface area contributed by atoms with Crippen molar-refractivity contribution in [2.75, 3.05) is 6.73 Å². The number of azo groups is 1. The molecule has 0 amide bonds. The Morgan fingerprint density at radius 3 is 3.18 bits per heavy atom. The van der Waals surface area contributed by atoms with Crippen LogP contribution in [0.2, 0.25) is 0 Å². The lowest BCUT2D eigenvalue weighted by Gasteiger charge is -2.00. The number of rotatable bonds is 1. The fraction of sp³-hybridized carbons (Fsp3) is 0.100. The molecule has 17 heavy (non-hydrogen) atoms. The van der Waals surface area contributed by atoms with Crippen LogP contribution in [0.1, 0.15) is 0 Å². The maximum absolute atomic E-state index is 10.9. The van der Waals surface area contributed by atoms with Crippen LogP contribution < -0.4 is 15.3 Å². The quantitative estimate of drug-likeness (QED) is 0.531. The van der Waals surface area contributed by atoms with Crippen LogP contribution in [0.25, 0.3) is 6.08 Å². The van der Waals surface area contributed by atoms with Crippen molar-refractivity contribution >= 4 is 17.5 Å². The van der Waals surface area contributed by atoms with Crippen LogP contribution in [-0.2, 0) is 0 Å². The monoisotopic (exact) mass is 230 g/mol. The SMILES string of the molecule is O=[N+]([O-])c1cc2c(c3c1=NCO3)N=NC=CC=2. The summed E-state index contributed by atoms with van der Waals surface area (Å²) in [7, 11) is 0. The minimum Gasteiger partial charge on any atom is -0.466 e. The summed E-state index contributed by atoms with van der Waals surface area (Å²) < 4.78 is 5.27. The molecule has 0 aromatic heterocycles. The van der Waals surface area contributed by atoms with Gasteiger partial charge in [0.05, 0.1) is 4.92 Å². The second-order valence-corrected chi connectivity index (χ2v) is 3.42. The summed E-state index contributed by atoms with van der Waals surface area (Å²) in [6.07, 6.45) is 4.87. The molecule has 0 bridgehead atoms.